The molecule has 1 heterocycles. The summed E-state index contributed by atoms with van der Waals surface area (Å²) in [6.45, 7) is 0. The molecular weight excluding hydrogens is 164 g/mol. The Morgan fingerprint density at radius 1 is 1.23 bits per heavy atom. The average Bonchev–Trinajstić information content (AvgIpc) is 2.65. The van der Waals surface area contributed by atoms with Gasteiger partial charge in [-0.3, -0.25) is 0 Å². The predicted octanol–water partition coefficient (Wildman–Crippen LogP) is -0.0148. The fraction of sp³-hybridized carbons (Fsp3) is 0.0909. The van der Waals surface area contributed by atoms with E-state index in [9.17, 15) is 5.11 Å². The molecule has 3 rings (SSSR count). The van der Waals surface area contributed by atoms with Crippen molar-refractivity contribution in [3.63, 3.8) is 0 Å². The normalized spacial score (nSPS) is 21.5. The van der Waals surface area contributed by atoms with E-state index >= 15 is 0 Å². The highest BCUT2D eigenvalue weighted by atomic mass is 16.6. The van der Waals surface area contributed by atoms with E-state index < -0.39 is 6.29 Å². The summed E-state index contributed by atoms with van der Waals surface area (Å²) in [5.74, 6) is 0.801. The van der Waals surface area contributed by atoms with E-state index in [0.29, 0.717) is 0 Å². The summed E-state index contributed by atoms with van der Waals surface area (Å²) in [5, 5.41) is 11.4. The van der Waals surface area contributed by atoms with Crippen molar-refractivity contribution in [3.05, 3.63) is 34.2 Å². The smallest absolute Gasteiger partial charge is 0.218 e. The Hall–Kier alpha value is -1.54. The van der Waals surface area contributed by atoms with E-state index in [0.717, 1.165) is 21.8 Å². The summed E-state index contributed by atoms with van der Waals surface area (Å²) in [7, 11) is 0. The van der Waals surface area contributed by atoms with Gasteiger partial charge in [-0.1, -0.05) is 30.4 Å². The maximum Gasteiger partial charge on any atom is 0.218 e. The average molecular weight is 172 g/mol. The van der Waals surface area contributed by atoms with Crippen LogP contribution in [0.3, 0.4) is 0 Å². The molecular formula is C11H8O2. The Morgan fingerprint density at radius 2 is 2.08 bits per heavy atom. The SMILES string of the molecule is OC1C=c2ccc3c(c2O1)C=CC=3. The number of hydrogen-bond acceptors (Lipinski definition) is 2. The Morgan fingerprint density at radius 3 is 3.00 bits per heavy atom. The van der Waals surface area contributed by atoms with Gasteiger partial charge in [0.25, 0.3) is 0 Å². The van der Waals surface area contributed by atoms with Crippen molar-refractivity contribution < 1.29 is 9.84 Å². The molecule has 1 aromatic carbocycles. The van der Waals surface area contributed by atoms with E-state index in [4.69, 9.17) is 4.74 Å². The van der Waals surface area contributed by atoms with Gasteiger partial charge in [-0.15, -0.1) is 0 Å². The van der Waals surface area contributed by atoms with Crippen LogP contribution in [0.15, 0.2) is 18.2 Å². The number of ether oxygens (including phenoxy) is 1. The molecule has 0 amide bonds. The molecule has 0 saturated heterocycles. The second-order valence-corrected chi connectivity index (χ2v) is 3.19. The van der Waals surface area contributed by atoms with Crippen LogP contribution in [0.4, 0.5) is 0 Å². The second-order valence-electron chi connectivity index (χ2n) is 3.19. The number of aliphatic hydroxyl groups is 1. The third-order valence-corrected chi connectivity index (χ3v) is 2.36. The first-order valence-electron chi connectivity index (χ1n) is 4.22. The van der Waals surface area contributed by atoms with Gasteiger partial charge in [0.2, 0.25) is 6.29 Å². The van der Waals surface area contributed by atoms with Crippen LogP contribution in [-0.2, 0) is 0 Å². The molecule has 1 aliphatic carbocycles. The van der Waals surface area contributed by atoms with Crippen molar-refractivity contribution in [2.75, 3.05) is 0 Å². The molecule has 2 heteroatoms. The third-order valence-electron chi connectivity index (χ3n) is 2.36. The molecule has 1 aromatic rings. The van der Waals surface area contributed by atoms with Gasteiger partial charge >= 0.3 is 0 Å². The standard InChI is InChI=1S/C11H8O2/c12-10-6-8-5-4-7-2-1-3-9(7)11(8)13-10/h1-6,10,12H. The van der Waals surface area contributed by atoms with E-state index in [1.807, 2.05) is 30.4 Å². The third kappa shape index (κ3) is 0.863. The molecule has 0 saturated carbocycles. The summed E-state index contributed by atoms with van der Waals surface area (Å²) < 4.78 is 5.28. The number of fused-ring (bicyclic) bond motifs is 3. The number of benzene rings is 1. The van der Waals surface area contributed by atoms with Gasteiger partial charge < -0.3 is 9.84 Å². The number of aliphatic hydroxyl groups excluding tert-OH is 1. The van der Waals surface area contributed by atoms with Crippen molar-refractivity contribution in [3.8, 4) is 5.75 Å². The highest BCUT2D eigenvalue weighted by molar-refractivity contribution is 5.72. The molecule has 64 valence electrons. The summed E-state index contributed by atoms with van der Waals surface area (Å²) in [5.41, 5.74) is 1.07. The number of allylic oxidation sites excluding steroid dienone is 1. The van der Waals surface area contributed by atoms with Crippen LogP contribution in [0.5, 0.6) is 5.75 Å². The van der Waals surface area contributed by atoms with Gasteiger partial charge in [0.05, 0.1) is 0 Å². The maximum absolute atomic E-state index is 9.27. The molecule has 1 unspecified atom stereocenters. The molecule has 2 aliphatic rings. The van der Waals surface area contributed by atoms with Crippen LogP contribution in [0.2, 0.25) is 0 Å². The van der Waals surface area contributed by atoms with Crippen molar-refractivity contribution in [1.82, 2.24) is 0 Å². The van der Waals surface area contributed by atoms with Gasteiger partial charge in [-0.2, -0.15) is 0 Å². The molecule has 0 bridgehead atoms. The minimum absolute atomic E-state index is 0.782. The maximum atomic E-state index is 9.27. The fourth-order valence-electron chi connectivity index (χ4n) is 1.77. The van der Waals surface area contributed by atoms with Gasteiger partial charge in [-0.05, 0) is 11.3 Å². The molecule has 2 nitrogen and oxygen atoms in total. The first kappa shape index (κ1) is 6.92. The van der Waals surface area contributed by atoms with Crippen molar-refractivity contribution in [2.45, 2.75) is 6.29 Å². The lowest BCUT2D eigenvalue weighted by Gasteiger charge is -2.04. The molecule has 1 aliphatic heterocycles. The number of rotatable bonds is 0. The van der Waals surface area contributed by atoms with Gasteiger partial charge in [0.1, 0.15) is 5.75 Å². The highest BCUT2D eigenvalue weighted by Crippen LogP contribution is 2.18. The lowest BCUT2D eigenvalue weighted by atomic mass is 10.1. The van der Waals surface area contributed by atoms with E-state index in [2.05, 4.69) is 0 Å². The van der Waals surface area contributed by atoms with Gasteiger partial charge in [0.15, 0.2) is 0 Å². The Bertz CT molecular complexity index is 512. The fourth-order valence-corrected chi connectivity index (χ4v) is 1.77. The molecule has 1 atom stereocenters. The van der Waals surface area contributed by atoms with Gasteiger partial charge in [0, 0.05) is 10.8 Å². The summed E-state index contributed by atoms with van der Waals surface area (Å²) in [4.78, 5) is 0. The predicted molar refractivity (Wildman–Crippen MR) is 50.3 cm³/mol. The monoisotopic (exact) mass is 172 g/mol. The zero-order valence-corrected chi connectivity index (χ0v) is 6.90. The lowest BCUT2D eigenvalue weighted by molar-refractivity contribution is 0.0454. The Kier molecular flexibility index (Phi) is 1.19. The first-order valence-corrected chi connectivity index (χ1v) is 4.22. The van der Waals surface area contributed by atoms with Crippen molar-refractivity contribution >= 4 is 18.2 Å². The molecule has 0 aromatic heterocycles. The van der Waals surface area contributed by atoms with Crippen molar-refractivity contribution in [1.29, 1.82) is 0 Å². The molecule has 0 spiro atoms. The van der Waals surface area contributed by atoms with Crippen LogP contribution in [0.1, 0.15) is 5.56 Å². The summed E-state index contributed by atoms with van der Waals surface area (Å²) >= 11 is 0. The largest absolute Gasteiger partial charge is 0.460 e. The zero-order valence-electron chi connectivity index (χ0n) is 6.90. The quantitative estimate of drug-likeness (QED) is 0.596. The Labute approximate surface area is 75.1 Å². The van der Waals surface area contributed by atoms with E-state index in [-0.39, 0.29) is 0 Å². The highest BCUT2D eigenvalue weighted by Gasteiger charge is 2.16. The van der Waals surface area contributed by atoms with Gasteiger partial charge in [-0.25, -0.2) is 0 Å². The molecule has 0 radical (unpaired) electrons. The van der Waals surface area contributed by atoms with Crippen LogP contribution >= 0.6 is 0 Å². The topological polar surface area (TPSA) is 29.5 Å². The molecule has 13 heavy (non-hydrogen) atoms. The number of hydrogen-bond donors (Lipinski definition) is 1. The minimum Gasteiger partial charge on any atom is -0.460 e. The lowest BCUT2D eigenvalue weighted by Crippen LogP contribution is -2.12. The van der Waals surface area contributed by atoms with Crippen LogP contribution in [0.25, 0.3) is 18.2 Å². The van der Waals surface area contributed by atoms with Crippen LogP contribution in [0, 0.1) is 0 Å². The first-order chi connectivity index (χ1) is 6.34. The zero-order chi connectivity index (χ0) is 8.84. The van der Waals surface area contributed by atoms with Crippen LogP contribution in [-0.4, -0.2) is 11.4 Å². The molecule has 1 N–H and O–H groups in total. The Balaban J connectivity index is 2.39. The summed E-state index contributed by atoms with van der Waals surface area (Å²) in [6.07, 6.45) is 6.94. The van der Waals surface area contributed by atoms with E-state index in [1.54, 1.807) is 6.08 Å². The van der Waals surface area contributed by atoms with Crippen molar-refractivity contribution in [2.24, 2.45) is 0 Å². The minimum atomic E-state index is -0.782. The molecule has 0 fully saturated rings. The summed E-state index contributed by atoms with van der Waals surface area (Å²) in [6, 6.07) is 4.00. The van der Waals surface area contributed by atoms with Crippen LogP contribution < -0.4 is 15.2 Å². The second kappa shape index (κ2) is 2.24. The van der Waals surface area contributed by atoms with E-state index in [1.165, 1.54) is 0 Å².